The second-order valence-corrected chi connectivity index (χ2v) is 8.06. The van der Waals surface area contributed by atoms with E-state index < -0.39 is 0 Å². The highest BCUT2D eigenvalue weighted by Crippen LogP contribution is 2.30. The van der Waals surface area contributed by atoms with E-state index in [2.05, 4.69) is 46.0 Å². The van der Waals surface area contributed by atoms with Gasteiger partial charge in [0.1, 0.15) is 0 Å². The highest BCUT2D eigenvalue weighted by Gasteiger charge is 2.20. The molecule has 3 heteroatoms. The molecular weight excluding hydrogens is 301 g/mol. The smallest absolute Gasteiger partial charge is 0.0624 e. The van der Waals surface area contributed by atoms with Crippen molar-refractivity contribution in [3.05, 3.63) is 33.8 Å². The largest absolute Gasteiger partial charge is 0.314 e. The van der Waals surface area contributed by atoms with Crippen molar-refractivity contribution in [2.45, 2.75) is 59.9 Å². The number of hydrogen-bond acceptors (Lipinski definition) is 1. The van der Waals surface area contributed by atoms with Crippen LogP contribution in [0.15, 0.2) is 18.2 Å². The van der Waals surface area contributed by atoms with Crippen LogP contribution in [0.4, 0.5) is 0 Å². The monoisotopic (exact) mass is 329 g/mol. The lowest BCUT2D eigenvalue weighted by Crippen LogP contribution is -2.33. The molecule has 0 saturated heterocycles. The maximum Gasteiger partial charge on any atom is 0.0624 e. The molecule has 0 radical (unpaired) electrons. The Balaban J connectivity index is 2.71. The van der Waals surface area contributed by atoms with Gasteiger partial charge in [-0.1, -0.05) is 70.0 Å². The first-order valence-electron chi connectivity index (χ1n) is 7.89. The molecular formula is C18H29Cl2N. The summed E-state index contributed by atoms with van der Waals surface area (Å²) in [6, 6.07) is 6.35. The molecule has 1 nitrogen and oxygen atoms in total. The molecule has 1 N–H and O–H groups in total. The summed E-state index contributed by atoms with van der Waals surface area (Å²) in [6.07, 6.45) is 3.33. The third-order valence-electron chi connectivity index (χ3n) is 3.64. The lowest BCUT2D eigenvalue weighted by Gasteiger charge is -2.27. The second kappa shape index (κ2) is 8.41. The molecule has 0 aliphatic carbocycles. The first kappa shape index (κ1) is 18.8. The first-order valence-corrected chi connectivity index (χ1v) is 8.64. The second-order valence-electron chi connectivity index (χ2n) is 7.28. The van der Waals surface area contributed by atoms with Crippen LogP contribution >= 0.6 is 23.2 Å². The standard InChI is InChI=1S/C18H29Cl2N/c1-6-21-15(10-13(2)12-18(3,4)5)11-14-8-7-9-16(19)17(14)20/h7-9,13,15,21H,6,10-12H2,1-5H3. The molecule has 2 atom stereocenters. The first-order chi connectivity index (χ1) is 9.73. The van der Waals surface area contributed by atoms with Gasteiger partial charge in [0, 0.05) is 6.04 Å². The zero-order chi connectivity index (χ0) is 16.0. The highest BCUT2D eigenvalue weighted by molar-refractivity contribution is 6.42. The van der Waals surface area contributed by atoms with Crippen LogP contribution in [-0.4, -0.2) is 12.6 Å². The third-order valence-corrected chi connectivity index (χ3v) is 4.50. The van der Waals surface area contributed by atoms with Gasteiger partial charge < -0.3 is 5.32 Å². The van der Waals surface area contributed by atoms with Crippen LogP contribution in [0.3, 0.4) is 0 Å². The molecule has 0 saturated carbocycles. The molecule has 1 rings (SSSR count). The van der Waals surface area contributed by atoms with Gasteiger partial charge in [-0.3, -0.25) is 0 Å². The van der Waals surface area contributed by atoms with Crippen LogP contribution < -0.4 is 5.32 Å². The number of nitrogens with one attached hydrogen (secondary N) is 1. The fourth-order valence-corrected chi connectivity index (χ4v) is 3.51. The Morgan fingerprint density at radius 3 is 2.43 bits per heavy atom. The van der Waals surface area contributed by atoms with E-state index in [1.165, 1.54) is 6.42 Å². The van der Waals surface area contributed by atoms with E-state index in [1.807, 2.05) is 12.1 Å². The molecule has 0 aliphatic heterocycles. The van der Waals surface area contributed by atoms with Crippen molar-refractivity contribution in [3.8, 4) is 0 Å². The molecule has 1 aromatic rings. The van der Waals surface area contributed by atoms with E-state index in [0.29, 0.717) is 27.4 Å². The maximum atomic E-state index is 6.32. The highest BCUT2D eigenvalue weighted by atomic mass is 35.5. The van der Waals surface area contributed by atoms with E-state index >= 15 is 0 Å². The van der Waals surface area contributed by atoms with Crippen molar-refractivity contribution in [1.82, 2.24) is 5.32 Å². The summed E-state index contributed by atoms with van der Waals surface area (Å²) in [5.74, 6) is 0.687. The van der Waals surface area contributed by atoms with E-state index in [1.54, 1.807) is 0 Å². The Labute approximate surface area is 140 Å². The molecule has 0 heterocycles. The summed E-state index contributed by atoms with van der Waals surface area (Å²) < 4.78 is 0. The van der Waals surface area contributed by atoms with Crippen molar-refractivity contribution in [2.24, 2.45) is 11.3 Å². The zero-order valence-corrected chi connectivity index (χ0v) is 15.5. The maximum absolute atomic E-state index is 6.32. The molecule has 1 aromatic carbocycles. The van der Waals surface area contributed by atoms with Crippen LogP contribution in [0.25, 0.3) is 0 Å². The number of benzene rings is 1. The topological polar surface area (TPSA) is 12.0 Å². The molecule has 0 amide bonds. The predicted molar refractivity (Wildman–Crippen MR) is 95.5 cm³/mol. The van der Waals surface area contributed by atoms with Gasteiger partial charge in [0.2, 0.25) is 0 Å². The minimum atomic E-state index is 0.379. The summed E-state index contributed by atoms with van der Waals surface area (Å²) >= 11 is 12.4. The minimum absolute atomic E-state index is 0.379. The number of hydrogen-bond donors (Lipinski definition) is 1. The number of halogens is 2. The SMILES string of the molecule is CCNC(Cc1cccc(Cl)c1Cl)CC(C)CC(C)(C)C. The molecule has 21 heavy (non-hydrogen) atoms. The van der Waals surface area contributed by atoms with Crippen molar-refractivity contribution < 1.29 is 0 Å². The lowest BCUT2D eigenvalue weighted by atomic mass is 9.82. The fraction of sp³-hybridized carbons (Fsp3) is 0.667. The van der Waals surface area contributed by atoms with Gasteiger partial charge in [0.15, 0.2) is 0 Å². The van der Waals surface area contributed by atoms with Gasteiger partial charge in [-0.05, 0) is 48.8 Å². The van der Waals surface area contributed by atoms with Gasteiger partial charge in [0.25, 0.3) is 0 Å². The molecule has 120 valence electrons. The van der Waals surface area contributed by atoms with Crippen molar-refractivity contribution in [2.75, 3.05) is 6.54 Å². The van der Waals surface area contributed by atoms with Crippen LogP contribution in [0.5, 0.6) is 0 Å². The van der Waals surface area contributed by atoms with Gasteiger partial charge in [-0.2, -0.15) is 0 Å². The van der Waals surface area contributed by atoms with Crippen LogP contribution in [-0.2, 0) is 6.42 Å². The summed E-state index contributed by atoms with van der Waals surface area (Å²) in [5, 5.41) is 4.94. The van der Waals surface area contributed by atoms with Gasteiger partial charge in [0.05, 0.1) is 10.0 Å². The third kappa shape index (κ3) is 7.04. The van der Waals surface area contributed by atoms with Crippen molar-refractivity contribution in [1.29, 1.82) is 0 Å². The van der Waals surface area contributed by atoms with Gasteiger partial charge >= 0.3 is 0 Å². The number of likely N-dealkylation sites (N-methyl/N-ethyl adjacent to an activating group) is 1. The fourth-order valence-electron chi connectivity index (χ4n) is 3.11. The molecule has 2 unspecified atom stereocenters. The Hall–Kier alpha value is -0.240. The van der Waals surface area contributed by atoms with E-state index in [4.69, 9.17) is 23.2 Å². The molecule has 0 aliphatic rings. The molecule has 0 fully saturated rings. The normalized spacial score (nSPS) is 15.0. The van der Waals surface area contributed by atoms with Crippen molar-refractivity contribution >= 4 is 23.2 Å². The summed E-state index contributed by atoms with van der Waals surface area (Å²) in [4.78, 5) is 0. The summed E-state index contributed by atoms with van der Waals surface area (Å²) in [7, 11) is 0. The molecule has 0 aromatic heterocycles. The average molecular weight is 330 g/mol. The Kier molecular flexibility index (Phi) is 7.53. The van der Waals surface area contributed by atoms with Crippen LogP contribution in [0, 0.1) is 11.3 Å². The zero-order valence-electron chi connectivity index (χ0n) is 14.0. The van der Waals surface area contributed by atoms with Crippen LogP contribution in [0.1, 0.15) is 53.0 Å². The molecule has 0 spiro atoms. The Bertz CT molecular complexity index is 437. The Morgan fingerprint density at radius 1 is 1.19 bits per heavy atom. The number of rotatable bonds is 7. The minimum Gasteiger partial charge on any atom is -0.314 e. The van der Waals surface area contributed by atoms with E-state index in [9.17, 15) is 0 Å². The summed E-state index contributed by atoms with van der Waals surface area (Å²) in [5.41, 5.74) is 1.52. The quantitative estimate of drug-likeness (QED) is 0.649. The van der Waals surface area contributed by atoms with Gasteiger partial charge in [-0.15, -0.1) is 0 Å². The predicted octanol–water partition coefficient (Wildman–Crippen LogP) is 5.98. The van der Waals surface area contributed by atoms with E-state index in [0.717, 1.165) is 24.9 Å². The molecule has 0 bridgehead atoms. The van der Waals surface area contributed by atoms with E-state index in [-0.39, 0.29) is 0 Å². The van der Waals surface area contributed by atoms with Gasteiger partial charge in [-0.25, -0.2) is 0 Å². The van der Waals surface area contributed by atoms with Crippen LogP contribution in [0.2, 0.25) is 10.0 Å². The van der Waals surface area contributed by atoms with Crippen molar-refractivity contribution in [3.63, 3.8) is 0 Å². The summed E-state index contributed by atoms with van der Waals surface area (Å²) in [6.45, 7) is 12.4. The lowest BCUT2D eigenvalue weighted by molar-refractivity contribution is 0.275. The average Bonchev–Trinajstić information content (AvgIpc) is 2.32. The Morgan fingerprint density at radius 2 is 1.86 bits per heavy atom.